The molecule has 90 valence electrons. The number of pyridine rings is 1. The molecule has 0 unspecified atom stereocenters. The van der Waals surface area contributed by atoms with Crippen molar-refractivity contribution >= 4 is 44.2 Å². The van der Waals surface area contributed by atoms with Gasteiger partial charge in [0.05, 0.1) is 16.1 Å². The summed E-state index contributed by atoms with van der Waals surface area (Å²) in [6.45, 7) is 0. The molecule has 0 saturated carbocycles. The molecule has 0 saturated heterocycles. The second kappa shape index (κ2) is 3.94. The third-order valence-electron chi connectivity index (χ3n) is 3.48. The molecule has 0 bridgehead atoms. The Labute approximate surface area is 115 Å². The summed E-state index contributed by atoms with van der Waals surface area (Å²) in [5, 5.41) is 5.20. The molecule has 0 radical (unpaired) electrons. The predicted molar refractivity (Wildman–Crippen MR) is 81.8 cm³/mol. The molecule has 0 atom stereocenters. The molecule has 0 amide bonds. The lowest BCUT2D eigenvalue weighted by Crippen LogP contribution is -1.85. The smallest absolute Gasteiger partial charge is 0.0803 e. The topological polar surface area (TPSA) is 12.9 Å². The van der Waals surface area contributed by atoms with Crippen LogP contribution in [0.1, 0.15) is 0 Å². The Hall–Kier alpha value is -2.12. The maximum Gasteiger partial charge on any atom is 0.0803 e. The first-order chi connectivity index (χ1) is 9.33. The minimum atomic E-state index is 0.755. The molecule has 19 heavy (non-hydrogen) atoms. The van der Waals surface area contributed by atoms with E-state index in [1.165, 1.54) is 0 Å². The Kier molecular flexibility index (Phi) is 2.23. The second-order valence-corrected chi connectivity index (χ2v) is 5.06. The van der Waals surface area contributed by atoms with Crippen molar-refractivity contribution in [2.45, 2.75) is 0 Å². The van der Waals surface area contributed by atoms with Crippen LogP contribution in [0.2, 0.25) is 5.02 Å². The average molecular weight is 264 g/mol. The van der Waals surface area contributed by atoms with E-state index in [2.05, 4.69) is 30.3 Å². The van der Waals surface area contributed by atoms with Crippen molar-refractivity contribution < 1.29 is 0 Å². The molecule has 0 aliphatic rings. The molecular weight excluding hydrogens is 254 g/mol. The maximum absolute atomic E-state index is 6.35. The SMILES string of the molecule is Clc1cccc2ccc3cc4ccccc4nc3c12. The lowest BCUT2D eigenvalue weighted by molar-refractivity contribution is 1.51. The van der Waals surface area contributed by atoms with Crippen LogP contribution < -0.4 is 0 Å². The number of hydrogen-bond acceptors (Lipinski definition) is 1. The highest BCUT2D eigenvalue weighted by Gasteiger charge is 2.06. The van der Waals surface area contributed by atoms with Crippen molar-refractivity contribution in [3.8, 4) is 0 Å². The van der Waals surface area contributed by atoms with E-state index in [0.29, 0.717) is 0 Å². The van der Waals surface area contributed by atoms with E-state index in [0.717, 1.165) is 37.6 Å². The van der Waals surface area contributed by atoms with Crippen molar-refractivity contribution in [2.24, 2.45) is 0 Å². The number of halogens is 1. The largest absolute Gasteiger partial charge is 0.247 e. The van der Waals surface area contributed by atoms with Gasteiger partial charge >= 0.3 is 0 Å². The first-order valence-electron chi connectivity index (χ1n) is 6.20. The van der Waals surface area contributed by atoms with Crippen LogP contribution in [-0.2, 0) is 0 Å². The third-order valence-corrected chi connectivity index (χ3v) is 3.79. The molecule has 1 nitrogen and oxygen atoms in total. The van der Waals surface area contributed by atoms with E-state index in [4.69, 9.17) is 16.6 Å². The molecular formula is C17H10ClN. The van der Waals surface area contributed by atoms with Gasteiger partial charge in [-0.25, -0.2) is 4.98 Å². The van der Waals surface area contributed by atoms with Crippen LogP contribution in [0.5, 0.6) is 0 Å². The van der Waals surface area contributed by atoms with Gasteiger partial charge in [0.1, 0.15) is 0 Å². The van der Waals surface area contributed by atoms with Gasteiger partial charge in [-0.2, -0.15) is 0 Å². The van der Waals surface area contributed by atoms with Crippen LogP contribution in [0, 0.1) is 0 Å². The number of nitrogens with zero attached hydrogens (tertiary/aromatic N) is 1. The van der Waals surface area contributed by atoms with Gasteiger partial charge < -0.3 is 0 Å². The highest BCUT2D eigenvalue weighted by Crippen LogP contribution is 2.31. The Morgan fingerprint density at radius 1 is 0.737 bits per heavy atom. The van der Waals surface area contributed by atoms with Gasteiger partial charge in [0.15, 0.2) is 0 Å². The zero-order valence-electron chi connectivity index (χ0n) is 10.1. The molecule has 2 heteroatoms. The zero-order valence-corrected chi connectivity index (χ0v) is 10.9. The Morgan fingerprint density at radius 3 is 2.47 bits per heavy atom. The van der Waals surface area contributed by atoms with Crippen molar-refractivity contribution in [1.82, 2.24) is 4.98 Å². The maximum atomic E-state index is 6.35. The lowest BCUT2D eigenvalue weighted by atomic mass is 10.0. The normalized spacial score (nSPS) is 11.4. The average Bonchev–Trinajstić information content (AvgIpc) is 2.45. The highest BCUT2D eigenvalue weighted by atomic mass is 35.5. The summed E-state index contributed by atoms with van der Waals surface area (Å²) in [5.41, 5.74) is 1.98. The Balaban J connectivity index is 2.29. The van der Waals surface area contributed by atoms with Gasteiger partial charge in [-0.3, -0.25) is 0 Å². The standard InChI is InChI=1S/C17H10ClN/c18-14-6-3-5-11-8-9-13-10-12-4-1-2-7-15(12)19-17(13)16(11)14/h1-10H. The van der Waals surface area contributed by atoms with Crippen molar-refractivity contribution in [1.29, 1.82) is 0 Å². The third kappa shape index (κ3) is 1.59. The summed E-state index contributed by atoms with van der Waals surface area (Å²) in [4.78, 5) is 4.78. The fraction of sp³-hybridized carbons (Fsp3) is 0. The number of aromatic nitrogens is 1. The molecule has 0 aliphatic heterocycles. The fourth-order valence-corrected chi connectivity index (χ4v) is 2.84. The zero-order chi connectivity index (χ0) is 12.8. The van der Waals surface area contributed by atoms with E-state index in [9.17, 15) is 0 Å². The van der Waals surface area contributed by atoms with Crippen LogP contribution in [0.3, 0.4) is 0 Å². The lowest BCUT2D eigenvalue weighted by Gasteiger charge is -2.06. The monoisotopic (exact) mass is 263 g/mol. The quantitative estimate of drug-likeness (QED) is 0.314. The molecule has 1 aromatic heterocycles. The van der Waals surface area contributed by atoms with Crippen molar-refractivity contribution in [3.05, 3.63) is 65.7 Å². The van der Waals surface area contributed by atoms with E-state index in [-0.39, 0.29) is 0 Å². The number of hydrogen-bond donors (Lipinski definition) is 0. The van der Waals surface area contributed by atoms with Crippen molar-refractivity contribution in [2.75, 3.05) is 0 Å². The van der Waals surface area contributed by atoms with E-state index < -0.39 is 0 Å². The van der Waals surface area contributed by atoms with E-state index in [1.807, 2.05) is 30.3 Å². The summed E-state index contributed by atoms with van der Waals surface area (Å²) in [6.07, 6.45) is 0. The molecule has 3 aromatic carbocycles. The summed E-state index contributed by atoms with van der Waals surface area (Å²) >= 11 is 6.35. The van der Waals surface area contributed by atoms with Gasteiger partial charge in [-0.15, -0.1) is 0 Å². The first kappa shape index (κ1) is 10.8. The molecule has 4 rings (SSSR count). The highest BCUT2D eigenvalue weighted by molar-refractivity contribution is 6.37. The fourth-order valence-electron chi connectivity index (χ4n) is 2.57. The van der Waals surface area contributed by atoms with Crippen LogP contribution >= 0.6 is 11.6 Å². The van der Waals surface area contributed by atoms with Gasteiger partial charge in [-0.1, -0.05) is 54.1 Å². The summed E-state index contributed by atoms with van der Waals surface area (Å²) in [7, 11) is 0. The summed E-state index contributed by atoms with van der Waals surface area (Å²) < 4.78 is 0. The van der Waals surface area contributed by atoms with Crippen LogP contribution in [-0.4, -0.2) is 4.98 Å². The van der Waals surface area contributed by atoms with Crippen LogP contribution in [0.15, 0.2) is 60.7 Å². The minimum Gasteiger partial charge on any atom is -0.247 e. The predicted octanol–water partition coefficient (Wildman–Crippen LogP) is 5.19. The first-order valence-corrected chi connectivity index (χ1v) is 6.57. The number of benzene rings is 3. The van der Waals surface area contributed by atoms with Gasteiger partial charge in [0.2, 0.25) is 0 Å². The van der Waals surface area contributed by atoms with Crippen LogP contribution in [0.25, 0.3) is 32.6 Å². The van der Waals surface area contributed by atoms with E-state index >= 15 is 0 Å². The number of fused-ring (bicyclic) bond motifs is 4. The molecule has 0 spiro atoms. The van der Waals surface area contributed by atoms with Gasteiger partial charge in [0, 0.05) is 16.2 Å². The molecule has 1 heterocycles. The van der Waals surface area contributed by atoms with Gasteiger partial charge in [-0.05, 0) is 23.6 Å². The summed E-state index contributed by atoms with van der Waals surface area (Å²) in [6, 6.07) is 20.5. The van der Waals surface area contributed by atoms with E-state index in [1.54, 1.807) is 0 Å². The molecule has 0 N–H and O–H groups in total. The molecule has 0 fully saturated rings. The molecule has 0 aliphatic carbocycles. The van der Waals surface area contributed by atoms with Crippen molar-refractivity contribution in [3.63, 3.8) is 0 Å². The van der Waals surface area contributed by atoms with Gasteiger partial charge in [0.25, 0.3) is 0 Å². The minimum absolute atomic E-state index is 0.755. The Bertz CT molecular complexity index is 928. The number of para-hydroxylation sites is 1. The molecule has 4 aromatic rings. The Morgan fingerprint density at radius 2 is 1.53 bits per heavy atom. The van der Waals surface area contributed by atoms with Crippen LogP contribution in [0.4, 0.5) is 0 Å². The second-order valence-electron chi connectivity index (χ2n) is 4.66. The summed E-state index contributed by atoms with van der Waals surface area (Å²) in [5.74, 6) is 0. The number of rotatable bonds is 0.